The fraction of sp³-hybridized carbons (Fsp3) is 0.500. The summed E-state index contributed by atoms with van der Waals surface area (Å²) in [6.45, 7) is 4.29. The normalized spacial score (nSPS) is 23.0. The average molecular weight is 353 g/mol. The first kappa shape index (κ1) is 17.1. The maximum atomic E-state index is 5.41. The van der Waals surface area contributed by atoms with E-state index in [9.17, 15) is 0 Å². The molecule has 1 aromatic heterocycles. The summed E-state index contributed by atoms with van der Waals surface area (Å²) in [6.07, 6.45) is 5.33. The Morgan fingerprint density at radius 3 is 2.77 bits per heavy atom. The standard InChI is InChI=1S/C20H27N5O/c1-2-4-17(5-3-1)24-18-7-6-16(12-18)14-21-19-13-20(23-15-22-19)25-8-10-26-11-9-25/h1-5,13,15-16,18,24H,6-12,14H2,(H,21,22,23). The van der Waals surface area contributed by atoms with Crippen molar-refractivity contribution >= 4 is 17.3 Å². The highest BCUT2D eigenvalue weighted by molar-refractivity contribution is 5.48. The largest absolute Gasteiger partial charge is 0.382 e. The van der Waals surface area contributed by atoms with E-state index in [0.29, 0.717) is 12.0 Å². The maximum Gasteiger partial charge on any atom is 0.134 e. The summed E-state index contributed by atoms with van der Waals surface area (Å²) in [5.74, 6) is 2.58. The zero-order valence-electron chi connectivity index (χ0n) is 15.1. The molecule has 0 spiro atoms. The molecule has 4 rings (SSSR count). The van der Waals surface area contributed by atoms with E-state index in [4.69, 9.17) is 4.74 Å². The van der Waals surface area contributed by atoms with Crippen molar-refractivity contribution in [1.29, 1.82) is 0 Å². The highest BCUT2D eigenvalue weighted by atomic mass is 16.5. The number of hydrogen-bond acceptors (Lipinski definition) is 6. The Hall–Kier alpha value is -2.34. The second-order valence-electron chi connectivity index (χ2n) is 7.13. The van der Waals surface area contributed by atoms with Crippen molar-refractivity contribution in [2.75, 3.05) is 48.4 Å². The van der Waals surface area contributed by atoms with Gasteiger partial charge in [0, 0.05) is 37.4 Å². The van der Waals surface area contributed by atoms with Crippen LogP contribution in [0, 0.1) is 5.92 Å². The van der Waals surface area contributed by atoms with Gasteiger partial charge in [-0.3, -0.25) is 0 Å². The average Bonchev–Trinajstić information content (AvgIpc) is 3.15. The van der Waals surface area contributed by atoms with E-state index in [1.807, 2.05) is 0 Å². The first-order valence-electron chi connectivity index (χ1n) is 9.57. The molecule has 1 aromatic carbocycles. The van der Waals surface area contributed by atoms with Gasteiger partial charge in [-0.25, -0.2) is 9.97 Å². The van der Waals surface area contributed by atoms with Gasteiger partial charge >= 0.3 is 0 Å². The van der Waals surface area contributed by atoms with Crippen LogP contribution in [-0.2, 0) is 4.74 Å². The molecule has 1 aliphatic carbocycles. The van der Waals surface area contributed by atoms with Crippen molar-refractivity contribution in [1.82, 2.24) is 9.97 Å². The third kappa shape index (κ3) is 4.43. The minimum Gasteiger partial charge on any atom is -0.382 e. The van der Waals surface area contributed by atoms with Crippen LogP contribution in [0.15, 0.2) is 42.7 Å². The lowest BCUT2D eigenvalue weighted by atomic mass is 10.1. The van der Waals surface area contributed by atoms with E-state index in [1.54, 1.807) is 6.33 Å². The van der Waals surface area contributed by atoms with Crippen molar-refractivity contribution in [2.24, 2.45) is 5.92 Å². The van der Waals surface area contributed by atoms with Gasteiger partial charge in [-0.1, -0.05) is 18.2 Å². The smallest absolute Gasteiger partial charge is 0.134 e. The highest BCUT2D eigenvalue weighted by Crippen LogP contribution is 2.28. The Labute approximate surface area is 155 Å². The van der Waals surface area contributed by atoms with Crippen LogP contribution < -0.4 is 15.5 Å². The van der Waals surface area contributed by atoms with Crippen LogP contribution in [0.3, 0.4) is 0 Å². The molecule has 138 valence electrons. The first-order chi connectivity index (χ1) is 12.9. The third-order valence-corrected chi connectivity index (χ3v) is 5.25. The Bertz CT molecular complexity index is 690. The lowest BCUT2D eigenvalue weighted by Crippen LogP contribution is -2.36. The molecular formula is C20H27N5O. The summed E-state index contributed by atoms with van der Waals surface area (Å²) in [6, 6.07) is 13.1. The van der Waals surface area contributed by atoms with Crippen molar-refractivity contribution in [3.63, 3.8) is 0 Å². The van der Waals surface area contributed by atoms with Gasteiger partial charge in [-0.05, 0) is 37.3 Å². The number of rotatable bonds is 6. The van der Waals surface area contributed by atoms with E-state index >= 15 is 0 Å². The van der Waals surface area contributed by atoms with E-state index < -0.39 is 0 Å². The Morgan fingerprint density at radius 2 is 1.92 bits per heavy atom. The van der Waals surface area contributed by atoms with Crippen LogP contribution in [0.1, 0.15) is 19.3 Å². The molecule has 0 amide bonds. The van der Waals surface area contributed by atoms with Gasteiger partial charge in [-0.15, -0.1) is 0 Å². The molecule has 1 saturated carbocycles. The lowest BCUT2D eigenvalue weighted by molar-refractivity contribution is 0.122. The summed E-state index contributed by atoms with van der Waals surface area (Å²) in [4.78, 5) is 11.1. The lowest BCUT2D eigenvalue weighted by Gasteiger charge is -2.27. The fourth-order valence-electron chi connectivity index (χ4n) is 3.82. The molecule has 6 nitrogen and oxygen atoms in total. The molecule has 2 N–H and O–H groups in total. The molecule has 1 saturated heterocycles. The second kappa shape index (κ2) is 8.36. The molecule has 0 bridgehead atoms. The number of benzene rings is 1. The van der Waals surface area contributed by atoms with Crippen LogP contribution >= 0.6 is 0 Å². The summed E-state index contributed by atoms with van der Waals surface area (Å²) in [7, 11) is 0. The highest BCUT2D eigenvalue weighted by Gasteiger charge is 2.24. The molecular weight excluding hydrogens is 326 g/mol. The molecule has 2 atom stereocenters. The molecule has 0 radical (unpaired) electrons. The molecule has 2 aromatic rings. The minimum absolute atomic E-state index is 0.568. The van der Waals surface area contributed by atoms with E-state index in [0.717, 1.165) is 44.5 Å². The van der Waals surface area contributed by atoms with Crippen LogP contribution in [-0.4, -0.2) is 48.9 Å². The first-order valence-corrected chi connectivity index (χ1v) is 9.57. The van der Waals surface area contributed by atoms with Crippen molar-refractivity contribution < 1.29 is 4.74 Å². The molecule has 6 heteroatoms. The quantitative estimate of drug-likeness (QED) is 0.832. The SMILES string of the molecule is c1ccc(NC2CCC(CNc3cc(N4CCOCC4)ncn3)C2)cc1. The fourth-order valence-corrected chi connectivity index (χ4v) is 3.82. The van der Waals surface area contributed by atoms with Gasteiger partial charge in [0.15, 0.2) is 0 Å². The van der Waals surface area contributed by atoms with E-state index in [-0.39, 0.29) is 0 Å². The van der Waals surface area contributed by atoms with Crippen molar-refractivity contribution in [3.8, 4) is 0 Å². The predicted octanol–water partition coefficient (Wildman–Crippen LogP) is 3.01. The third-order valence-electron chi connectivity index (χ3n) is 5.25. The van der Waals surface area contributed by atoms with Gasteiger partial charge < -0.3 is 20.3 Å². The summed E-state index contributed by atoms with van der Waals surface area (Å²) < 4.78 is 5.41. The Balaban J connectivity index is 1.27. The molecule has 1 aliphatic heterocycles. The molecule has 26 heavy (non-hydrogen) atoms. The van der Waals surface area contributed by atoms with Gasteiger partial charge in [-0.2, -0.15) is 0 Å². The number of para-hydroxylation sites is 1. The van der Waals surface area contributed by atoms with E-state index in [1.165, 1.54) is 24.9 Å². The number of anilines is 3. The number of morpholine rings is 1. The topological polar surface area (TPSA) is 62.3 Å². The van der Waals surface area contributed by atoms with Gasteiger partial charge in [0.1, 0.15) is 18.0 Å². The summed E-state index contributed by atoms with van der Waals surface area (Å²) in [5, 5.41) is 7.16. The van der Waals surface area contributed by atoms with Crippen LogP contribution in [0.25, 0.3) is 0 Å². The minimum atomic E-state index is 0.568. The number of aromatic nitrogens is 2. The Kier molecular flexibility index (Phi) is 5.50. The van der Waals surface area contributed by atoms with Crippen molar-refractivity contribution in [3.05, 3.63) is 42.7 Å². The molecule has 2 unspecified atom stereocenters. The predicted molar refractivity (Wildman–Crippen MR) is 105 cm³/mol. The monoisotopic (exact) mass is 353 g/mol. The van der Waals surface area contributed by atoms with E-state index in [2.05, 4.69) is 61.9 Å². The van der Waals surface area contributed by atoms with Crippen LogP contribution in [0.4, 0.5) is 17.3 Å². The number of nitrogens with one attached hydrogen (secondary N) is 2. The molecule has 2 fully saturated rings. The zero-order valence-corrected chi connectivity index (χ0v) is 15.1. The number of ether oxygens (including phenoxy) is 1. The van der Waals surface area contributed by atoms with Gasteiger partial charge in [0.25, 0.3) is 0 Å². The van der Waals surface area contributed by atoms with Crippen molar-refractivity contribution in [2.45, 2.75) is 25.3 Å². The second-order valence-corrected chi connectivity index (χ2v) is 7.13. The van der Waals surface area contributed by atoms with Crippen LogP contribution in [0.2, 0.25) is 0 Å². The number of nitrogens with zero attached hydrogens (tertiary/aromatic N) is 3. The summed E-state index contributed by atoms with van der Waals surface area (Å²) in [5.41, 5.74) is 1.22. The zero-order chi connectivity index (χ0) is 17.6. The maximum absolute atomic E-state index is 5.41. The van der Waals surface area contributed by atoms with Gasteiger partial charge in [0.2, 0.25) is 0 Å². The number of hydrogen-bond donors (Lipinski definition) is 2. The summed E-state index contributed by atoms with van der Waals surface area (Å²) >= 11 is 0. The molecule has 2 aliphatic rings. The van der Waals surface area contributed by atoms with Crippen LogP contribution in [0.5, 0.6) is 0 Å². The van der Waals surface area contributed by atoms with Gasteiger partial charge in [0.05, 0.1) is 13.2 Å². The Morgan fingerprint density at radius 1 is 1.08 bits per heavy atom. The molecule has 2 heterocycles.